The average Bonchev–Trinajstić information content (AvgIpc) is 3.09. The van der Waals surface area contributed by atoms with E-state index in [9.17, 15) is 22.4 Å². The standard InChI is InChI=1S/C23H17F4N3O/c1-2-20(31)28-18-10-5-11-19-22(18)29-23(21-16(26)8-4-9-17(21)27)30(19)12-13-14(24)6-3-7-15(13)25/h3-11H,2,12H2,1H3,(H,28,31). The molecule has 0 spiro atoms. The third kappa shape index (κ3) is 3.76. The summed E-state index contributed by atoms with van der Waals surface area (Å²) in [5.41, 5.74) is 0.231. The van der Waals surface area contributed by atoms with Crippen LogP contribution in [0.15, 0.2) is 54.6 Å². The summed E-state index contributed by atoms with van der Waals surface area (Å²) >= 11 is 0. The van der Waals surface area contributed by atoms with Crippen LogP contribution in [0, 0.1) is 23.3 Å². The molecule has 4 rings (SSSR count). The van der Waals surface area contributed by atoms with Crippen LogP contribution in [0.2, 0.25) is 0 Å². The van der Waals surface area contributed by atoms with Gasteiger partial charge in [0.1, 0.15) is 34.6 Å². The molecule has 0 atom stereocenters. The number of aromatic nitrogens is 2. The molecule has 0 radical (unpaired) electrons. The van der Waals surface area contributed by atoms with Crippen molar-refractivity contribution >= 4 is 22.6 Å². The number of nitrogens with zero attached hydrogens (tertiary/aromatic N) is 2. The van der Waals surface area contributed by atoms with Gasteiger partial charge in [0.2, 0.25) is 5.91 Å². The summed E-state index contributed by atoms with van der Waals surface area (Å²) < 4.78 is 59.2. The van der Waals surface area contributed by atoms with E-state index in [-0.39, 0.29) is 35.8 Å². The first-order valence-electron chi connectivity index (χ1n) is 9.57. The summed E-state index contributed by atoms with van der Waals surface area (Å²) in [6, 6.07) is 11.6. The fourth-order valence-corrected chi connectivity index (χ4v) is 3.39. The van der Waals surface area contributed by atoms with Crippen LogP contribution in [0.25, 0.3) is 22.4 Å². The Morgan fingerprint density at radius 2 is 1.48 bits per heavy atom. The van der Waals surface area contributed by atoms with Gasteiger partial charge in [-0.3, -0.25) is 4.79 Å². The van der Waals surface area contributed by atoms with Gasteiger partial charge in [0.25, 0.3) is 0 Å². The zero-order valence-electron chi connectivity index (χ0n) is 16.4. The van der Waals surface area contributed by atoms with Crippen molar-refractivity contribution in [2.45, 2.75) is 19.9 Å². The molecule has 1 heterocycles. The van der Waals surface area contributed by atoms with Crippen LogP contribution in [-0.4, -0.2) is 15.5 Å². The molecular weight excluding hydrogens is 410 g/mol. The minimum atomic E-state index is -0.871. The van der Waals surface area contributed by atoms with E-state index in [2.05, 4.69) is 10.3 Å². The van der Waals surface area contributed by atoms with Crippen LogP contribution in [0.3, 0.4) is 0 Å². The molecule has 0 bridgehead atoms. The molecule has 0 unspecified atom stereocenters. The van der Waals surface area contributed by atoms with Crippen molar-refractivity contribution in [1.82, 2.24) is 9.55 Å². The van der Waals surface area contributed by atoms with Gasteiger partial charge in [-0.25, -0.2) is 22.5 Å². The largest absolute Gasteiger partial charge is 0.324 e. The summed E-state index contributed by atoms with van der Waals surface area (Å²) in [6.07, 6.45) is 0.215. The molecule has 31 heavy (non-hydrogen) atoms. The number of benzene rings is 3. The van der Waals surface area contributed by atoms with Gasteiger partial charge >= 0.3 is 0 Å². The number of imidazole rings is 1. The fraction of sp³-hybridized carbons (Fsp3) is 0.130. The van der Waals surface area contributed by atoms with Crippen molar-refractivity contribution in [2.24, 2.45) is 0 Å². The second-order valence-electron chi connectivity index (χ2n) is 6.89. The lowest BCUT2D eigenvalue weighted by atomic mass is 10.1. The number of hydrogen-bond acceptors (Lipinski definition) is 2. The highest BCUT2D eigenvalue weighted by molar-refractivity contribution is 6.00. The van der Waals surface area contributed by atoms with Crippen LogP contribution in [-0.2, 0) is 11.3 Å². The molecule has 4 nitrogen and oxygen atoms in total. The number of carbonyl (C=O) groups excluding carboxylic acids is 1. The van der Waals surface area contributed by atoms with Crippen LogP contribution in [0.1, 0.15) is 18.9 Å². The highest BCUT2D eigenvalue weighted by atomic mass is 19.1. The quantitative estimate of drug-likeness (QED) is 0.418. The van der Waals surface area contributed by atoms with E-state index < -0.39 is 28.8 Å². The maximum absolute atomic E-state index is 14.6. The summed E-state index contributed by atoms with van der Waals surface area (Å²) in [5, 5.41) is 2.69. The number of carbonyl (C=O) groups is 1. The molecule has 0 aliphatic rings. The number of hydrogen-bond donors (Lipinski definition) is 1. The van der Waals surface area contributed by atoms with E-state index in [0.29, 0.717) is 11.2 Å². The molecule has 0 saturated heterocycles. The lowest BCUT2D eigenvalue weighted by Crippen LogP contribution is -2.10. The Labute approximate surface area is 175 Å². The maximum atomic E-state index is 14.6. The summed E-state index contributed by atoms with van der Waals surface area (Å²) in [7, 11) is 0. The smallest absolute Gasteiger partial charge is 0.224 e. The van der Waals surface area contributed by atoms with E-state index in [4.69, 9.17) is 0 Å². The minimum Gasteiger partial charge on any atom is -0.324 e. The van der Waals surface area contributed by atoms with Gasteiger partial charge in [-0.1, -0.05) is 25.1 Å². The Balaban J connectivity index is 2.00. The van der Waals surface area contributed by atoms with E-state index in [1.807, 2.05) is 0 Å². The van der Waals surface area contributed by atoms with Gasteiger partial charge in [-0.2, -0.15) is 0 Å². The molecule has 1 aromatic heterocycles. The lowest BCUT2D eigenvalue weighted by Gasteiger charge is -2.12. The van der Waals surface area contributed by atoms with Gasteiger partial charge in [0, 0.05) is 12.0 Å². The Morgan fingerprint density at radius 3 is 2.10 bits per heavy atom. The van der Waals surface area contributed by atoms with Crippen molar-refractivity contribution in [3.8, 4) is 11.4 Å². The van der Waals surface area contributed by atoms with E-state index in [1.165, 1.54) is 16.7 Å². The third-order valence-electron chi connectivity index (χ3n) is 4.94. The normalized spacial score (nSPS) is 11.1. The van der Waals surface area contributed by atoms with Gasteiger partial charge in [0.05, 0.1) is 23.3 Å². The van der Waals surface area contributed by atoms with Gasteiger partial charge < -0.3 is 9.88 Å². The SMILES string of the molecule is CCC(=O)Nc1cccc2c1nc(-c1c(F)cccc1F)n2Cc1c(F)cccc1F. The summed E-state index contributed by atoms with van der Waals surface area (Å²) in [6.45, 7) is 1.32. The van der Waals surface area contributed by atoms with Crippen molar-refractivity contribution in [2.75, 3.05) is 5.32 Å². The lowest BCUT2D eigenvalue weighted by molar-refractivity contribution is -0.115. The van der Waals surface area contributed by atoms with Crippen LogP contribution < -0.4 is 5.32 Å². The first-order valence-corrected chi connectivity index (χ1v) is 9.57. The Morgan fingerprint density at radius 1 is 0.903 bits per heavy atom. The fourth-order valence-electron chi connectivity index (χ4n) is 3.39. The third-order valence-corrected chi connectivity index (χ3v) is 4.94. The number of anilines is 1. The van der Waals surface area contributed by atoms with E-state index in [0.717, 1.165) is 24.3 Å². The molecule has 0 saturated carbocycles. The molecular formula is C23H17F4N3O. The highest BCUT2D eigenvalue weighted by Gasteiger charge is 2.23. The number of amides is 1. The molecule has 0 fully saturated rings. The highest BCUT2D eigenvalue weighted by Crippen LogP contribution is 2.33. The van der Waals surface area contributed by atoms with E-state index >= 15 is 0 Å². The van der Waals surface area contributed by atoms with Crippen molar-refractivity contribution in [1.29, 1.82) is 0 Å². The van der Waals surface area contributed by atoms with Gasteiger partial charge in [-0.15, -0.1) is 0 Å². The average molecular weight is 427 g/mol. The molecule has 1 N–H and O–H groups in total. The van der Waals surface area contributed by atoms with E-state index in [1.54, 1.807) is 25.1 Å². The predicted molar refractivity (Wildman–Crippen MR) is 109 cm³/mol. The summed E-state index contributed by atoms with van der Waals surface area (Å²) in [4.78, 5) is 16.3. The molecule has 8 heteroatoms. The topological polar surface area (TPSA) is 46.9 Å². The first kappa shape index (κ1) is 20.6. The van der Waals surface area contributed by atoms with Crippen molar-refractivity contribution in [3.05, 3.63) is 83.4 Å². The number of nitrogens with one attached hydrogen (secondary N) is 1. The van der Waals surface area contributed by atoms with Crippen molar-refractivity contribution in [3.63, 3.8) is 0 Å². The minimum absolute atomic E-state index is 0.147. The zero-order chi connectivity index (χ0) is 22.1. The Kier molecular flexibility index (Phi) is 5.46. The maximum Gasteiger partial charge on any atom is 0.224 e. The van der Waals surface area contributed by atoms with Gasteiger partial charge in [0.15, 0.2) is 0 Å². The van der Waals surface area contributed by atoms with Crippen LogP contribution in [0.4, 0.5) is 23.2 Å². The number of para-hydroxylation sites is 1. The molecule has 1 amide bonds. The van der Waals surface area contributed by atoms with Crippen LogP contribution >= 0.6 is 0 Å². The first-order chi connectivity index (χ1) is 14.9. The molecule has 3 aromatic carbocycles. The van der Waals surface area contributed by atoms with Gasteiger partial charge in [-0.05, 0) is 36.4 Å². The second kappa shape index (κ2) is 8.22. The number of rotatable bonds is 5. The van der Waals surface area contributed by atoms with Crippen molar-refractivity contribution < 1.29 is 22.4 Å². The number of halogens is 4. The Bertz CT molecular complexity index is 1260. The predicted octanol–water partition coefficient (Wildman–Crippen LogP) is 5.66. The number of fused-ring (bicyclic) bond motifs is 1. The molecule has 4 aromatic rings. The molecule has 158 valence electrons. The second-order valence-corrected chi connectivity index (χ2v) is 6.89. The van der Waals surface area contributed by atoms with Crippen LogP contribution in [0.5, 0.6) is 0 Å². The Hall–Kier alpha value is -3.68. The summed E-state index contributed by atoms with van der Waals surface area (Å²) in [5.74, 6) is -3.75. The monoisotopic (exact) mass is 427 g/mol. The molecule has 0 aliphatic carbocycles. The zero-order valence-corrected chi connectivity index (χ0v) is 16.4. The molecule has 0 aliphatic heterocycles.